The van der Waals surface area contributed by atoms with Gasteiger partial charge in [-0.05, 0) is 26.2 Å². The summed E-state index contributed by atoms with van der Waals surface area (Å²) in [4.78, 5) is 2.73. The van der Waals surface area contributed by atoms with Crippen molar-refractivity contribution in [2.24, 2.45) is 5.92 Å². The molecule has 0 bridgehead atoms. The van der Waals surface area contributed by atoms with E-state index in [1.54, 1.807) is 0 Å². The Labute approximate surface area is 115 Å². The molecular formula is C16H34N2. The summed E-state index contributed by atoms with van der Waals surface area (Å²) < 4.78 is 0. The molecule has 0 saturated carbocycles. The zero-order chi connectivity index (χ0) is 13.5. The van der Waals surface area contributed by atoms with E-state index in [9.17, 15) is 0 Å². The number of rotatable bonds is 7. The number of nitrogens with one attached hydrogen (secondary N) is 1. The van der Waals surface area contributed by atoms with Crippen molar-refractivity contribution in [2.45, 2.75) is 84.8 Å². The molecule has 0 aromatic heterocycles. The van der Waals surface area contributed by atoms with E-state index in [0.29, 0.717) is 12.1 Å². The molecule has 2 nitrogen and oxygen atoms in total. The van der Waals surface area contributed by atoms with Crippen LogP contribution in [0.4, 0.5) is 0 Å². The van der Waals surface area contributed by atoms with Gasteiger partial charge in [0.25, 0.3) is 0 Å². The fourth-order valence-electron chi connectivity index (χ4n) is 3.00. The van der Waals surface area contributed by atoms with Crippen molar-refractivity contribution in [3.05, 3.63) is 0 Å². The van der Waals surface area contributed by atoms with Gasteiger partial charge < -0.3 is 5.32 Å². The van der Waals surface area contributed by atoms with Crippen molar-refractivity contribution in [2.75, 3.05) is 13.1 Å². The summed E-state index contributed by atoms with van der Waals surface area (Å²) in [5, 5.41) is 3.69. The highest BCUT2D eigenvalue weighted by molar-refractivity contribution is 4.87. The third kappa shape index (κ3) is 4.89. The lowest BCUT2D eigenvalue weighted by Gasteiger charge is -2.43. The summed E-state index contributed by atoms with van der Waals surface area (Å²) in [5.74, 6) is 0.743. The van der Waals surface area contributed by atoms with Gasteiger partial charge in [-0.3, -0.25) is 4.90 Å². The first-order chi connectivity index (χ1) is 8.56. The largest absolute Gasteiger partial charge is 0.311 e. The van der Waals surface area contributed by atoms with Crippen molar-refractivity contribution >= 4 is 0 Å². The van der Waals surface area contributed by atoms with Gasteiger partial charge in [-0.25, -0.2) is 0 Å². The maximum absolute atomic E-state index is 3.69. The quantitative estimate of drug-likeness (QED) is 0.698. The van der Waals surface area contributed by atoms with Crippen LogP contribution in [0.25, 0.3) is 0 Å². The zero-order valence-corrected chi connectivity index (χ0v) is 13.2. The number of nitrogens with zero attached hydrogens (tertiary/aromatic N) is 1. The standard InChI is InChI=1S/C16H34N2/c1-6-7-8-9-10-14(4)18-12-16(13(2)3)17-11-15(18)5/h13-17H,6-12H2,1-5H3. The molecule has 108 valence electrons. The smallest absolute Gasteiger partial charge is 0.0218 e. The minimum absolute atomic E-state index is 0.680. The van der Waals surface area contributed by atoms with E-state index in [4.69, 9.17) is 0 Å². The first-order valence-electron chi connectivity index (χ1n) is 8.05. The number of piperazine rings is 1. The Balaban J connectivity index is 2.36. The first kappa shape index (κ1) is 16.0. The molecule has 1 saturated heterocycles. The van der Waals surface area contributed by atoms with Crippen LogP contribution in [0.15, 0.2) is 0 Å². The Morgan fingerprint density at radius 2 is 1.89 bits per heavy atom. The average molecular weight is 254 g/mol. The Bertz CT molecular complexity index is 215. The third-order valence-electron chi connectivity index (χ3n) is 4.50. The Morgan fingerprint density at radius 3 is 2.50 bits per heavy atom. The second-order valence-corrected chi connectivity index (χ2v) is 6.50. The normalized spacial score (nSPS) is 27.7. The van der Waals surface area contributed by atoms with Crippen LogP contribution in [-0.4, -0.2) is 36.1 Å². The molecule has 1 rings (SSSR count). The van der Waals surface area contributed by atoms with Gasteiger partial charge in [0, 0.05) is 31.2 Å². The SMILES string of the molecule is CCCCCCC(C)N1CC(C(C)C)NCC1C. The molecule has 18 heavy (non-hydrogen) atoms. The molecule has 0 aromatic rings. The van der Waals surface area contributed by atoms with Gasteiger partial charge in [-0.2, -0.15) is 0 Å². The van der Waals surface area contributed by atoms with Crippen molar-refractivity contribution in [3.8, 4) is 0 Å². The van der Waals surface area contributed by atoms with Gasteiger partial charge in [0.1, 0.15) is 0 Å². The highest BCUT2D eigenvalue weighted by Gasteiger charge is 2.29. The van der Waals surface area contributed by atoms with E-state index in [2.05, 4.69) is 44.8 Å². The van der Waals surface area contributed by atoms with Crippen molar-refractivity contribution < 1.29 is 0 Å². The Hall–Kier alpha value is -0.0800. The fourth-order valence-corrected chi connectivity index (χ4v) is 3.00. The van der Waals surface area contributed by atoms with Gasteiger partial charge in [-0.1, -0.05) is 46.5 Å². The molecule has 0 aromatic carbocycles. The first-order valence-corrected chi connectivity index (χ1v) is 8.05. The van der Waals surface area contributed by atoms with Gasteiger partial charge >= 0.3 is 0 Å². The second kappa shape index (κ2) is 8.16. The van der Waals surface area contributed by atoms with Crippen LogP contribution in [0, 0.1) is 5.92 Å². The molecule has 0 aliphatic carbocycles. The van der Waals surface area contributed by atoms with Gasteiger partial charge in [0.2, 0.25) is 0 Å². The van der Waals surface area contributed by atoms with E-state index in [-0.39, 0.29) is 0 Å². The predicted molar refractivity (Wildman–Crippen MR) is 81.0 cm³/mol. The van der Waals surface area contributed by atoms with E-state index >= 15 is 0 Å². The fraction of sp³-hybridized carbons (Fsp3) is 1.00. The molecule has 1 fully saturated rings. The lowest BCUT2D eigenvalue weighted by Crippen LogP contribution is -2.59. The molecule has 3 unspecified atom stereocenters. The van der Waals surface area contributed by atoms with E-state index < -0.39 is 0 Å². The maximum Gasteiger partial charge on any atom is 0.0218 e. The van der Waals surface area contributed by atoms with Crippen LogP contribution in [0.2, 0.25) is 0 Å². The van der Waals surface area contributed by atoms with Crippen LogP contribution in [0.3, 0.4) is 0 Å². The minimum atomic E-state index is 0.680. The van der Waals surface area contributed by atoms with E-state index in [0.717, 1.165) is 18.5 Å². The van der Waals surface area contributed by atoms with Crippen molar-refractivity contribution in [1.29, 1.82) is 0 Å². The highest BCUT2D eigenvalue weighted by Crippen LogP contribution is 2.19. The maximum atomic E-state index is 3.69. The predicted octanol–water partition coefficient (Wildman–Crippen LogP) is 3.66. The Kier molecular flexibility index (Phi) is 7.25. The Morgan fingerprint density at radius 1 is 1.17 bits per heavy atom. The van der Waals surface area contributed by atoms with Crippen molar-refractivity contribution in [3.63, 3.8) is 0 Å². The molecule has 1 aliphatic rings. The number of hydrogen-bond acceptors (Lipinski definition) is 2. The highest BCUT2D eigenvalue weighted by atomic mass is 15.2. The van der Waals surface area contributed by atoms with Crippen LogP contribution < -0.4 is 5.32 Å². The minimum Gasteiger partial charge on any atom is -0.311 e. The second-order valence-electron chi connectivity index (χ2n) is 6.50. The van der Waals surface area contributed by atoms with E-state index in [1.807, 2.05) is 0 Å². The summed E-state index contributed by atoms with van der Waals surface area (Å²) in [6.45, 7) is 14.1. The van der Waals surface area contributed by atoms with Crippen LogP contribution in [0.5, 0.6) is 0 Å². The molecule has 1 heterocycles. The number of hydrogen-bond donors (Lipinski definition) is 1. The molecule has 1 N–H and O–H groups in total. The molecule has 0 amide bonds. The molecular weight excluding hydrogens is 220 g/mol. The summed E-state index contributed by atoms with van der Waals surface area (Å²) in [7, 11) is 0. The molecule has 0 spiro atoms. The van der Waals surface area contributed by atoms with Gasteiger partial charge in [-0.15, -0.1) is 0 Å². The van der Waals surface area contributed by atoms with E-state index in [1.165, 1.54) is 38.6 Å². The molecule has 2 heteroatoms. The molecule has 3 atom stereocenters. The lowest BCUT2D eigenvalue weighted by atomic mass is 9.97. The summed E-state index contributed by atoms with van der Waals surface area (Å²) in [6, 6.07) is 2.13. The van der Waals surface area contributed by atoms with Crippen LogP contribution in [-0.2, 0) is 0 Å². The summed E-state index contributed by atoms with van der Waals surface area (Å²) in [5.41, 5.74) is 0. The zero-order valence-electron chi connectivity index (χ0n) is 13.2. The summed E-state index contributed by atoms with van der Waals surface area (Å²) >= 11 is 0. The lowest BCUT2D eigenvalue weighted by molar-refractivity contribution is 0.0802. The van der Waals surface area contributed by atoms with Gasteiger partial charge in [0.15, 0.2) is 0 Å². The third-order valence-corrected chi connectivity index (χ3v) is 4.50. The topological polar surface area (TPSA) is 15.3 Å². The molecule has 1 aliphatic heterocycles. The molecule has 0 radical (unpaired) electrons. The number of unbranched alkanes of at least 4 members (excludes halogenated alkanes) is 3. The monoisotopic (exact) mass is 254 g/mol. The average Bonchev–Trinajstić information content (AvgIpc) is 2.34. The summed E-state index contributed by atoms with van der Waals surface area (Å²) in [6.07, 6.45) is 6.92. The van der Waals surface area contributed by atoms with Crippen LogP contribution in [0.1, 0.15) is 66.7 Å². The van der Waals surface area contributed by atoms with Gasteiger partial charge in [0.05, 0.1) is 0 Å². The van der Waals surface area contributed by atoms with Crippen molar-refractivity contribution in [1.82, 2.24) is 10.2 Å². The van der Waals surface area contributed by atoms with Crippen LogP contribution >= 0.6 is 0 Å².